The number of hydrogen-bond acceptors (Lipinski definition) is 2. The first-order valence-electron chi connectivity index (χ1n) is 4.16. The maximum absolute atomic E-state index is 10.7. The predicted molar refractivity (Wildman–Crippen MR) is 55.6 cm³/mol. The van der Waals surface area contributed by atoms with Gasteiger partial charge in [-0.25, -0.2) is 0 Å². The minimum Gasteiger partial charge on any atom is -0.496 e. The van der Waals surface area contributed by atoms with Crippen LogP contribution in [-0.2, 0) is 0 Å². The average Bonchev–Trinajstić information content (AvgIpc) is 2.59. The van der Waals surface area contributed by atoms with Crippen LogP contribution in [0.3, 0.4) is 0 Å². The lowest BCUT2D eigenvalue weighted by Crippen LogP contribution is -2.02. The second kappa shape index (κ2) is 3.22. The number of aldehydes is 1. The Bertz CT molecular complexity index is 490. The summed E-state index contributed by atoms with van der Waals surface area (Å²) in [6.07, 6.45) is 2.43. The van der Waals surface area contributed by atoms with Gasteiger partial charge in [0.1, 0.15) is 13.6 Å². The fourth-order valence-electron chi connectivity index (χ4n) is 1.53. The summed E-state index contributed by atoms with van der Waals surface area (Å²) in [5, 5.41) is 0.775. The second-order valence-corrected chi connectivity index (χ2v) is 3.01. The Kier molecular flexibility index (Phi) is 2.04. The minimum atomic E-state index is 0.580. The van der Waals surface area contributed by atoms with Crippen molar-refractivity contribution in [2.75, 3.05) is 7.11 Å². The SMILES string of the molecule is [B]c1cc(OC)c2c(C=O)c[nH]c2c1. The Labute approximate surface area is 82.5 Å². The predicted octanol–water partition coefficient (Wildman–Crippen LogP) is 0.783. The molecule has 0 aliphatic rings. The maximum Gasteiger partial charge on any atom is 0.152 e. The molecular weight excluding hydrogens is 177 g/mol. The van der Waals surface area contributed by atoms with Gasteiger partial charge in [-0.05, 0) is 12.1 Å². The van der Waals surface area contributed by atoms with Crippen molar-refractivity contribution in [1.29, 1.82) is 0 Å². The summed E-state index contributed by atoms with van der Waals surface area (Å²) in [5.41, 5.74) is 1.99. The lowest BCUT2D eigenvalue weighted by molar-refractivity contribution is 0.112. The fraction of sp³-hybridized carbons (Fsp3) is 0.100. The number of carbonyl (C=O) groups is 1. The molecule has 2 radical (unpaired) electrons. The fourth-order valence-corrected chi connectivity index (χ4v) is 1.53. The number of H-pyrrole nitrogens is 1. The average molecular weight is 185 g/mol. The van der Waals surface area contributed by atoms with Crippen LogP contribution in [0.5, 0.6) is 5.75 Å². The van der Waals surface area contributed by atoms with E-state index in [0.29, 0.717) is 16.8 Å². The zero-order chi connectivity index (χ0) is 10.1. The summed E-state index contributed by atoms with van der Waals surface area (Å²) in [5.74, 6) is 0.614. The van der Waals surface area contributed by atoms with Crippen molar-refractivity contribution in [3.05, 3.63) is 23.9 Å². The van der Waals surface area contributed by atoms with Gasteiger partial charge in [0.05, 0.1) is 12.5 Å². The number of benzene rings is 1. The van der Waals surface area contributed by atoms with Crippen LogP contribution in [-0.4, -0.2) is 26.2 Å². The Morgan fingerprint density at radius 1 is 1.50 bits per heavy atom. The molecule has 0 fully saturated rings. The second-order valence-electron chi connectivity index (χ2n) is 3.01. The van der Waals surface area contributed by atoms with Crippen molar-refractivity contribution in [3.63, 3.8) is 0 Å². The normalized spacial score (nSPS) is 10.4. The molecule has 0 saturated heterocycles. The van der Waals surface area contributed by atoms with Crippen molar-refractivity contribution in [3.8, 4) is 5.75 Å². The van der Waals surface area contributed by atoms with E-state index >= 15 is 0 Å². The van der Waals surface area contributed by atoms with Gasteiger partial charge >= 0.3 is 0 Å². The van der Waals surface area contributed by atoms with Gasteiger partial charge in [-0.15, -0.1) is 0 Å². The molecule has 3 nitrogen and oxygen atoms in total. The van der Waals surface area contributed by atoms with Crippen LogP contribution in [0.4, 0.5) is 0 Å². The van der Waals surface area contributed by atoms with E-state index < -0.39 is 0 Å². The standard InChI is InChI=1S/C10H8BNO2/c1-14-9-3-7(11)2-8-10(9)6(5-13)4-12-8/h2-5,12H,1H3. The molecule has 0 bridgehead atoms. The van der Waals surface area contributed by atoms with Gasteiger partial charge in [0.15, 0.2) is 6.29 Å². The van der Waals surface area contributed by atoms with Crippen molar-refractivity contribution >= 4 is 30.5 Å². The van der Waals surface area contributed by atoms with Crippen molar-refractivity contribution < 1.29 is 9.53 Å². The van der Waals surface area contributed by atoms with Crippen LogP contribution in [0.15, 0.2) is 18.3 Å². The number of aromatic nitrogens is 1. The highest BCUT2D eigenvalue weighted by Gasteiger charge is 2.08. The van der Waals surface area contributed by atoms with Gasteiger partial charge in [-0.1, -0.05) is 5.46 Å². The largest absolute Gasteiger partial charge is 0.496 e. The number of nitrogens with one attached hydrogen (secondary N) is 1. The summed E-state index contributed by atoms with van der Waals surface area (Å²) in [6.45, 7) is 0. The number of ether oxygens (including phenoxy) is 1. The zero-order valence-corrected chi connectivity index (χ0v) is 7.70. The van der Waals surface area contributed by atoms with Crippen LogP contribution >= 0.6 is 0 Å². The highest BCUT2D eigenvalue weighted by atomic mass is 16.5. The highest BCUT2D eigenvalue weighted by molar-refractivity contribution is 6.33. The number of rotatable bonds is 2. The first-order chi connectivity index (χ1) is 6.76. The monoisotopic (exact) mass is 185 g/mol. The lowest BCUT2D eigenvalue weighted by atomic mass is 9.94. The number of methoxy groups -OCH3 is 1. The van der Waals surface area contributed by atoms with Gasteiger partial charge in [0.25, 0.3) is 0 Å². The Morgan fingerprint density at radius 2 is 2.29 bits per heavy atom. The smallest absolute Gasteiger partial charge is 0.152 e. The first kappa shape index (κ1) is 8.87. The minimum absolute atomic E-state index is 0.580. The Hall–Kier alpha value is -1.71. The van der Waals surface area contributed by atoms with Crippen LogP contribution in [0.2, 0.25) is 0 Å². The van der Waals surface area contributed by atoms with Crippen molar-refractivity contribution in [2.24, 2.45) is 0 Å². The Balaban J connectivity index is 2.85. The highest BCUT2D eigenvalue weighted by Crippen LogP contribution is 2.26. The molecule has 68 valence electrons. The molecule has 14 heavy (non-hydrogen) atoms. The molecule has 0 aliphatic heterocycles. The molecule has 1 aromatic heterocycles. The zero-order valence-electron chi connectivity index (χ0n) is 7.70. The molecule has 0 aliphatic carbocycles. The lowest BCUT2D eigenvalue weighted by Gasteiger charge is -2.04. The van der Waals surface area contributed by atoms with E-state index in [9.17, 15) is 4.79 Å². The van der Waals surface area contributed by atoms with E-state index in [-0.39, 0.29) is 0 Å². The van der Waals surface area contributed by atoms with Crippen LogP contribution in [0.25, 0.3) is 10.9 Å². The summed E-state index contributed by atoms with van der Waals surface area (Å²) in [4.78, 5) is 13.7. The van der Waals surface area contributed by atoms with Gasteiger partial charge in [0.2, 0.25) is 0 Å². The van der Waals surface area contributed by atoms with E-state index in [1.807, 2.05) is 0 Å². The van der Waals surface area contributed by atoms with Gasteiger partial charge < -0.3 is 9.72 Å². The topological polar surface area (TPSA) is 42.1 Å². The molecule has 1 N–H and O–H groups in total. The third-order valence-electron chi connectivity index (χ3n) is 2.14. The molecule has 4 heteroatoms. The third kappa shape index (κ3) is 1.19. The van der Waals surface area contributed by atoms with Crippen LogP contribution < -0.4 is 10.2 Å². The molecule has 0 unspecified atom stereocenters. The summed E-state index contributed by atoms with van der Waals surface area (Å²) >= 11 is 0. The summed E-state index contributed by atoms with van der Waals surface area (Å²) < 4.78 is 5.15. The van der Waals surface area contributed by atoms with E-state index in [0.717, 1.165) is 17.2 Å². The number of hydrogen-bond donors (Lipinski definition) is 1. The Morgan fingerprint density at radius 3 is 2.93 bits per heavy atom. The summed E-state index contributed by atoms with van der Waals surface area (Å²) in [7, 11) is 7.21. The van der Waals surface area contributed by atoms with Crippen molar-refractivity contribution in [2.45, 2.75) is 0 Å². The van der Waals surface area contributed by atoms with Gasteiger partial charge in [-0.3, -0.25) is 4.79 Å². The number of aromatic amines is 1. The van der Waals surface area contributed by atoms with Crippen LogP contribution in [0.1, 0.15) is 10.4 Å². The molecule has 2 rings (SSSR count). The molecule has 1 heterocycles. The maximum atomic E-state index is 10.7. The first-order valence-corrected chi connectivity index (χ1v) is 4.16. The molecule has 0 saturated carbocycles. The summed E-state index contributed by atoms with van der Waals surface area (Å²) in [6, 6.07) is 3.47. The van der Waals surface area contributed by atoms with Gasteiger partial charge in [0, 0.05) is 17.3 Å². The molecule has 0 amide bonds. The molecular formula is C10H8BNO2. The molecule has 0 atom stereocenters. The van der Waals surface area contributed by atoms with Crippen molar-refractivity contribution in [1.82, 2.24) is 4.98 Å². The van der Waals surface area contributed by atoms with E-state index in [1.165, 1.54) is 0 Å². The molecule has 0 spiro atoms. The number of carbonyl (C=O) groups excluding carboxylic acids is 1. The van der Waals surface area contributed by atoms with Crippen LogP contribution in [0, 0.1) is 0 Å². The van der Waals surface area contributed by atoms with Gasteiger partial charge in [-0.2, -0.15) is 0 Å². The quantitative estimate of drug-likeness (QED) is 0.554. The van der Waals surface area contributed by atoms with E-state index in [2.05, 4.69) is 4.98 Å². The van der Waals surface area contributed by atoms with E-state index in [4.69, 9.17) is 12.6 Å². The third-order valence-corrected chi connectivity index (χ3v) is 2.14. The number of fused-ring (bicyclic) bond motifs is 1. The molecule has 2 aromatic rings. The van der Waals surface area contributed by atoms with E-state index in [1.54, 1.807) is 25.4 Å². The molecule has 1 aromatic carbocycles.